The van der Waals surface area contributed by atoms with Gasteiger partial charge < -0.3 is 20.8 Å². The predicted octanol–water partition coefficient (Wildman–Crippen LogP) is -0.178. The topological polar surface area (TPSA) is 140 Å². The molecule has 0 aliphatic rings. The first kappa shape index (κ1) is 10.1. The third-order valence-electron chi connectivity index (χ3n) is 0.943. The Morgan fingerprint density at radius 2 is 1.58 bits per heavy atom. The Morgan fingerprint density at radius 1 is 1.25 bits per heavy atom. The molecular formula is C3H4N4O5-2. The van der Waals surface area contributed by atoms with Gasteiger partial charge in [0.15, 0.2) is 0 Å². The lowest BCUT2D eigenvalue weighted by atomic mass is 10.4. The van der Waals surface area contributed by atoms with Gasteiger partial charge in [-0.15, -0.1) is 0 Å². The van der Waals surface area contributed by atoms with Gasteiger partial charge in [0.05, 0.1) is 0 Å². The second-order valence-corrected chi connectivity index (χ2v) is 1.75. The number of hydrogen-bond donors (Lipinski definition) is 0. The number of carbonyl (C=O) groups is 1. The molecule has 0 atom stereocenters. The maximum atomic E-state index is 10.5. The van der Waals surface area contributed by atoms with E-state index in [2.05, 4.69) is 0 Å². The Labute approximate surface area is 65.9 Å². The van der Waals surface area contributed by atoms with Gasteiger partial charge in [-0.3, -0.25) is 4.79 Å². The number of hydroxylamine groups is 2. The van der Waals surface area contributed by atoms with Crippen molar-refractivity contribution in [3.8, 4) is 0 Å². The minimum Gasteiger partial charge on any atom is -0.739 e. The summed E-state index contributed by atoms with van der Waals surface area (Å²) in [4.78, 5) is 8.98. The molecule has 0 fully saturated rings. The zero-order valence-corrected chi connectivity index (χ0v) is 5.91. The Balaban J connectivity index is 4.80. The van der Waals surface area contributed by atoms with E-state index in [0.717, 1.165) is 6.92 Å². The number of nitrogens with zero attached hydrogens (tertiary/aromatic N) is 4. The van der Waals surface area contributed by atoms with Crippen molar-refractivity contribution in [1.29, 1.82) is 0 Å². The van der Waals surface area contributed by atoms with Crippen LogP contribution in [0.4, 0.5) is 0 Å². The van der Waals surface area contributed by atoms with E-state index < -0.39 is 21.7 Å². The lowest BCUT2D eigenvalue weighted by Gasteiger charge is -2.09. The summed E-state index contributed by atoms with van der Waals surface area (Å²) in [6, 6.07) is 0. The Kier molecular flexibility index (Phi) is 3.40. The van der Waals surface area contributed by atoms with E-state index in [1.54, 1.807) is 10.6 Å². The van der Waals surface area contributed by atoms with E-state index in [1.807, 2.05) is 0 Å². The molecule has 0 radical (unpaired) electrons. The van der Waals surface area contributed by atoms with Crippen LogP contribution in [0.1, 0.15) is 6.92 Å². The van der Waals surface area contributed by atoms with Crippen molar-refractivity contribution in [1.82, 2.24) is 0 Å². The number of hydrogen-bond acceptors (Lipinski definition) is 7. The second kappa shape index (κ2) is 4.05. The van der Waals surface area contributed by atoms with Crippen LogP contribution < -0.4 is 0 Å². The zero-order chi connectivity index (χ0) is 9.72. The molecule has 9 nitrogen and oxygen atoms in total. The van der Waals surface area contributed by atoms with Gasteiger partial charge in [-0.05, 0) is 20.3 Å². The Hall–Kier alpha value is -1.93. The molecule has 0 N–H and O–H groups in total. The van der Waals surface area contributed by atoms with E-state index >= 15 is 0 Å². The molecule has 9 heteroatoms. The van der Waals surface area contributed by atoms with Gasteiger partial charge in [-0.25, -0.2) is 0 Å². The molecule has 0 aliphatic heterocycles. The second-order valence-electron chi connectivity index (χ2n) is 1.75. The fourth-order valence-electron chi connectivity index (χ4n) is 0.485. The summed E-state index contributed by atoms with van der Waals surface area (Å²) in [7, 11) is 0. The maximum absolute atomic E-state index is 10.5. The van der Waals surface area contributed by atoms with Crippen LogP contribution in [-0.4, -0.2) is 21.7 Å². The molecule has 0 unspecified atom stereocenters. The summed E-state index contributed by atoms with van der Waals surface area (Å²) < 4.78 is 0. The summed E-state index contributed by atoms with van der Waals surface area (Å²) in [6.45, 7) is 0.844. The first-order chi connectivity index (χ1) is 5.54. The molecule has 0 heterocycles. The summed E-state index contributed by atoms with van der Waals surface area (Å²) in [5.74, 6) is -1.00. The molecule has 0 rings (SSSR count). The van der Waals surface area contributed by atoms with Gasteiger partial charge in [-0.1, -0.05) is 0 Å². The van der Waals surface area contributed by atoms with E-state index in [9.17, 15) is 25.6 Å². The van der Waals surface area contributed by atoms with Crippen LogP contribution in [0.25, 0.3) is 0 Å². The molecule has 0 aliphatic carbocycles. The normalized spacial score (nSPS) is 13.5. The number of rotatable bonds is 3. The highest BCUT2D eigenvalue weighted by Crippen LogP contribution is 1.96. The largest absolute Gasteiger partial charge is 0.739 e. The van der Waals surface area contributed by atoms with E-state index in [1.165, 1.54) is 0 Å². The molecule has 0 aromatic rings. The van der Waals surface area contributed by atoms with Crippen molar-refractivity contribution in [2.45, 2.75) is 13.1 Å². The highest BCUT2D eigenvalue weighted by molar-refractivity contribution is 5.78. The fraction of sp³-hybridized carbons (Fsp3) is 0.667. The number of carbonyl (C=O) groups excluding carboxylic acids is 1. The fourth-order valence-corrected chi connectivity index (χ4v) is 0.485. The number of Topliss-reactive ketones (excluding diaryl/α,β-unsaturated/α-hetero) is 1. The molecule has 68 valence electrons. The van der Waals surface area contributed by atoms with Crippen molar-refractivity contribution >= 4 is 5.78 Å². The van der Waals surface area contributed by atoms with Crippen LogP contribution in [0.2, 0.25) is 0 Å². The smallest absolute Gasteiger partial charge is 0.467 e. The lowest BCUT2D eigenvalue weighted by molar-refractivity contribution is -0.760. The molecule has 0 saturated heterocycles. The van der Waals surface area contributed by atoms with Crippen LogP contribution in [0.3, 0.4) is 0 Å². The molecule has 12 heavy (non-hydrogen) atoms. The van der Waals surface area contributed by atoms with E-state index in [0.29, 0.717) is 0 Å². The quantitative estimate of drug-likeness (QED) is 0.254. The molecule has 0 amide bonds. The molecule has 0 bridgehead atoms. The van der Waals surface area contributed by atoms with Crippen molar-refractivity contribution in [3.05, 3.63) is 20.8 Å². The first-order valence-electron chi connectivity index (χ1n) is 2.64. The molecular weight excluding hydrogens is 172 g/mol. The van der Waals surface area contributed by atoms with Crippen LogP contribution in [0, 0.1) is 20.8 Å². The highest BCUT2D eigenvalue weighted by atomic mass is 16.6. The van der Waals surface area contributed by atoms with Gasteiger partial charge in [0.25, 0.3) is 5.78 Å². The standard InChI is InChI=1S/C3H6N4O5/c1-2(8)3(6(11)4-9)7(12)5-10/h3,9-10H,1H3/p-2/b6-4-,7-5-. The highest BCUT2D eigenvalue weighted by Gasteiger charge is 2.32. The minimum absolute atomic E-state index is 0.739. The summed E-state index contributed by atoms with van der Waals surface area (Å²) in [5, 5.41) is 43.3. The SMILES string of the molecule is CC(=O)C(/[N+]([O-])=N/[O-])/[N+]([O-])=N/[O-]. The lowest BCUT2D eigenvalue weighted by Crippen LogP contribution is -2.36. The van der Waals surface area contributed by atoms with Crippen molar-refractivity contribution in [2.75, 3.05) is 0 Å². The average Bonchev–Trinajstić information content (AvgIpc) is 2.03. The van der Waals surface area contributed by atoms with Crippen molar-refractivity contribution in [3.63, 3.8) is 0 Å². The Morgan fingerprint density at radius 3 is 1.75 bits per heavy atom. The summed E-state index contributed by atoms with van der Waals surface area (Å²) in [6.07, 6.45) is -2.12. The molecule has 0 aromatic heterocycles. The Bertz CT molecular complexity index is 217. The van der Waals surface area contributed by atoms with Gasteiger partial charge in [0.2, 0.25) is 0 Å². The van der Waals surface area contributed by atoms with E-state index in [4.69, 9.17) is 0 Å². The van der Waals surface area contributed by atoms with Crippen LogP contribution >= 0.6 is 0 Å². The van der Waals surface area contributed by atoms with Crippen LogP contribution in [0.15, 0.2) is 10.6 Å². The summed E-state index contributed by atoms with van der Waals surface area (Å²) in [5.41, 5.74) is 0. The van der Waals surface area contributed by atoms with Gasteiger partial charge >= 0.3 is 6.17 Å². The first-order valence-corrected chi connectivity index (χ1v) is 2.64. The number of ketones is 1. The van der Waals surface area contributed by atoms with Gasteiger partial charge in [0, 0.05) is 6.92 Å². The third kappa shape index (κ3) is 2.04. The van der Waals surface area contributed by atoms with Crippen LogP contribution in [-0.2, 0) is 4.79 Å². The average molecular weight is 176 g/mol. The van der Waals surface area contributed by atoms with Crippen molar-refractivity contribution in [2.24, 2.45) is 10.6 Å². The third-order valence-corrected chi connectivity index (χ3v) is 0.943. The van der Waals surface area contributed by atoms with Gasteiger partial charge in [0.1, 0.15) is 0 Å². The molecule has 0 aromatic carbocycles. The van der Waals surface area contributed by atoms with Gasteiger partial charge in [-0.2, -0.15) is 0 Å². The molecule has 0 saturated carbocycles. The monoisotopic (exact) mass is 176 g/mol. The van der Waals surface area contributed by atoms with Crippen LogP contribution in [0.5, 0.6) is 0 Å². The predicted molar refractivity (Wildman–Crippen MR) is 33.3 cm³/mol. The van der Waals surface area contributed by atoms with E-state index in [-0.39, 0.29) is 0 Å². The van der Waals surface area contributed by atoms with Crippen molar-refractivity contribution < 1.29 is 14.5 Å². The molecule has 0 spiro atoms. The minimum atomic E-state index is -2.12. The summed E-state index contributed by atoms with van der Waals surface area (Å²) >= 11 is 0. The maximum Gasteiger partial charge on any atom is 0.467 e. The zero-order valence-electron chi connectivity index (χ0n) is 5.91.